The fraction of sp³-hybridized carbons (Fsp3) is 0.462. The molecule has 0 radical (unpaired) electrons. The molecular formula is C13H17N. The topological polar surface area (TPSA) is 23.8 Å². The number of nitrogens with zero attached hydrogens (tertiary/aromatic N) is 1. The van der Waals surface area contributed by atoms with Crippen molar-refractivity contribution in [1.29, 1.82) is 5.26 Å². The third-order valence-corrected chi connectivity index (χ3v) is 2.37. The molecule has 1 aromatic carbocycles. The normalized spacial score (nSPS) is 10.1. The Balaban J connectivity index is 2.54. The van der Waals surface area contributed by atoms with Crippen molar-refractivity contribution < 1.29 is 0 Å². The van der Waals surface area contributed by atoms with Gasteiger partial charge < -0.3 is 0 Å². The lowest BCUT2D eigenvalue weighted by Gasteiger charge is -2.05. The van der Waals surface area contributed by atoms with Crippen LogP contribution in [0.5, 0.6) is 0 Å². The van der Waals surface area contributed by atoms with Gasteiger partial charge in [-0.1, -0.05) is 38.5 Å². The van der Waals surface area contributed by atoms with Gasteiger partial charge in [-0.25, -0.2) is 0 Å². The van der Waals surface area contributed by atoms with E-state index >= 15 is 0 Å². The Kier molecular flexibility index (Phi) is 4.19. The highest BCUT2D eigenvalue weighted by Gasteiger charge is 2.01. The molecule has 0 saturated carbocycles. The largest absolute Gasteiger partial charge is 0.192 e. The Hall–Kier alpha value is -1.29. The number of rotatable bonds is 4. The molecule has 0 aliphatic heterocycles. The SMILES string of the molecule is CC(C)CCCc1ccccc1C#N. The van der Waals surface area contributed by atoms with E-state index in [4.69, 9.17) is 5.26 Å². The molecule has 1 rings (SSSR count). The smallest absolute Gasteiger partial charge is 0.0994 e. The molecule has 0 aliphatic rings. The van der Waals surface area contributed by atoms with Gasteiger partial charge in [0, 0.05) is 0 Å². The maximum Gasteiger partial charge on any atom is 0.0994 e. The zero-order valence-electron chi connectivity index (χ0n) is 8.96. The van der Waals surface area contributed by atoms with Crippen molar-refractivity contribution >= 4 is 0 Å². The van der Waals surface area contributed by atoms with Crippen molar-refractivity contribution in [2.45, 2.75) is 33.1 Å². The molecule has 0 unspecified atom stereocenters. The first-order chi connectivity index (χ1) is 6.74. The first-order valence-electron chi connectivity index (χ1n) is 5.22. The highest BCUT2D eigenvalue weighted by molar-refractivity contribution is 5.37. The van der Waals surface area contributed by atoms with E-state index in [0.29, 0.717) is 0 Å². The first kappa shape index (κ1) is 10.8. The fourth-order valence-electron chi connectivity index (χ4n) is 1.55. The van der Waals surface area contributed by atoms with Gasteiger partial charge in [-0.15, -0.1) is 0 Å². The van der Waals surface area contributed by atoms with Gasteiger partial charge in [0.1, 0.15) is 0 Å². The van der Waals surface area contributed by atoms with Crippen LogP contribution in [0.25, 0.3) is 0 Å². The summed E-state index contributed by atoms with van der Waals surface area (Å²) in [6, 6.07) is 10.1. The van der Waals surface area contributed by atoms with Gasteiger partial charge in [0.15, 0.2) is 0 Å². The molecule has 0 saturated heterocycles. The monoisotopic (exact) mass is 187 g/mol. The minimum atomic E-state index is 0.754. The number of nitriles is 1. The van der Waals surface area contributed by atoms with Crippen molar-refractivity contribution in [2.75, 3.05) is 0 Å². The summed E-state index contributed by atoms with van der Waals surface area (Å²) in [5, 5.41) is 8.88. The highest BCUT2D eigenvalue weighted by Crippen LogP contribution is 2.13. The standard InChI is InChI=1S/C13H17N/c1-11(2)6-5-9-12-7-3-4-8-13(12)10-14/h3-4,7-8,11H,5-6,9H2,1-2H3. The van der Waals surface area contributed by atoms with Crippen LogP contribution in [0, 0.1) is 17.2 Å². The molecule has 1 nitrogen and oxygen atoms in total. The lowest BCUT2D eigenvalue weighted by atomic mass is 9.99. The molecule has 0 atom stereocenters. The second-order valence-electron chi connectivity index (χ2n) is 4.06. The third-order valence-electron chi connectivity index (χ3n) is 2.37. The molecule has 1 heteroatoms. The maximum absolute atomic E-state index is 8.88. The molecule has 0 spiro atoms. The molecule has 74 valence electrons. The Morgan fingerprint density at radius 1 is 1.29 bits per heavy atom. The van der Waals surface area contributed by atoms with Crippen molar-refractivity contribution in [2.24, 2.45) is 5.92 Å². The Labute approximate surface area is 86.4 Å². The number of benzene rings is 1. The van der Waals surface area contributed by atoms with Crippen LogP contribution >= 0.6 is 0 Å². The van der Waals surface area contributed by atoms with E-state index in [1.807, 2.05) is 18.2 Å². The second kappa shape index (κ2) is 5.44. The molecule has 0 aliphatic carbocycles. The summed E-state index contributed by atoms with van der Waals surface area (Å²) < 4.78 is 0. The number of hydrogen-bond acceptors (Lipinski definition) is 1. The summed E-state index contributed by atoms with van der Waals surface area (Å²) in [4.78, 5) is 0. The van der Waals surface area contributed by atoms with Crippen LogP contribution in [0.3, 0.4) is 0 Å². The van der Waals surface area contributed by atoms with Gasteiger partial charge in [0.2, 0.25) is 0 Å². The molecule has 0 heterocycles. The average molecular weight is 187 g/mol. The quantitative estimate of drug-likeness (QED) is 0.707. The van der Waals surface area contributed by atoms with E-state index in [9.17, 15) is 0 Å². The van der Waals surface area contributed by atoms with Crippen LogP contribution < -0.4 is 0 Å². The van der Waals surface area contributed by atoms with Crippen LogP contribution in [-0.4, -0.2) is 0 Å². The van der Waals surface area contributed by atoms with Crippen molar-refractivity contribution in [1.82, 2.24) is 0 Å². The second-order valence-corrected chi connectivity index (χ2v) is 4.06. The van der Waals surface area contributed by atoms with Crippen molar-refractivity contribution in [3.8, 4) is 6.07 Å². The molecule has 0 bridgehead atoms. The van der Waals surface area contributed by atoms with Crippen LogP contribution in [0.2, 0.25) is 0 Å². The Morgan fingerprint density at radius 3 is 2.64 bits per heavy atom. The fourth-order valence-corrected chi connectivity index (χ4v) is 1.55. The van der Waals surface area contributed by atoms with Crippen LogP contribution in [0.15, 0.2) is 24.3 Å². The van der Waals surface area contributed by atoms with E-state index in [-0.39, 0.29) is 0 Å². The minimum Gasteiger partial charge on any atom is -0.192 e. The Morgan fingerprint density at radius 2 is 2.00 bits per heavy atom. The summed E-state index contributed by atoms with van der Waals surface area (Å²) in [7, 11) is 0. The first-order valence-corrected chi connectivity index (χ1v) is 5.22. The van der Waals surface area contributed by atoms with Crippen molar-refractivity contribution in [3.63, 3.8) is 0 Å². The molecule has 0 amide bonds. The van der Waals surface area contributed by atoms with Crippen molar-refractivity contribution in [3.05, 3.63) is 35.4 Å². The molecular weight excluding hydrogens is 170 g/mol. The van der Waals surface area contributed by atoms with E-state index in [2.05, 4.69) is 26.0 Å². The van der Waals surface area contributed by atoms with E-state index in [1.165, 1.54) is 18.4 Å². The zero-order valence-corrected chi connectivity index (χ0v) is 8.96. The number of aryl methyl sites for hydroxylation is 1. The summed E-state index contributed by atoms with van der Waals surface area (Å²) in [5.74, 6) is 0.754. The molecule has 0 aromatic heterocycles. The van der Waals surface area contributed by atoms with Gasteiger partial charge in [-0.3, -0.25) is 0 Å². The number of hydrogen-bond donors (Lipinski definition) is 0. The zero-order chi connectivity index (χ0) is 10.4. The predicted molar refractivity (Wildman–Crippen MR) is 58.9 cm³/mol. The predicted octanol–water partition coefficient (Wildman–Crippen LogP) is 3.54. The van der Waals surface area contributed by atoms with Gasteiger partial charge >= 0.3 is 0 Å². The summed E-state index contributed by atoms with van der Waals surface area (Å²) in [5.41, 5.74) is 2.02. The molecule has 0 N–H and O–H groups in total. The van der Waals surface area contributed by atoms with Gasteiger partial charge in [0.05, 0.1) is 11.6 Å². The van der Waals surface area contributed by atoms with Crippen LogP contribution in [0.1, 0.15) is 37.8 Å². The van der Waals surface area contributed by atoms with Gasteiger partial charge in [-0.2, -0.15) is 5.26 Å². The van der Waals surface area contributed by atoms with E-state index in [1.54, 1.807) is 0 Å². The molecule has 14 heavy (non-hydrogen) atoms. The third kappa shape index (κ3) is 3.22. The summed E-state index contributed by atoms with van der Waals surface area (Å²) in [6.07, 6.45) is 3.44. The minimum absolute atomic E-state index is 0.754. The lowest BCUT2D eigenvalue weighted by Crippen LogP contribution is -1.93. The summed E-state index contributed by atoms with van der Waals surface area (Å²) in [6.45, 7) is 4.46. The molecule has 1 aromatic rings. The lowest BCUT2D eigenvalue weighted by molar-refractivity contribution is 0.555. The van der Waals surface area contributed by atoms with Crippen LogP contribution in [-0.2, 0) is 6.42 Å². The van der Waals surface area contributed by atoms with E-state index in [0.717, 1.165) is 17.9 Å². The van der Waals surface area contributed by atoms with Crippen LogP contribution in [0.4, 0.5) is 0 Å². The highest BCUT2D eigenvalue weighted by atomic mass is 14.2. The summed E-state index contributed by atoms with van der Waals surface area (Å²) >= 11 is 0. The van der Waals surface area contributed by atoms with Gasteiger partial charge in [0.25, 0.3) is 0 Å². The average Bonchev–Trinajstić information content (AvgIpc) is 2.18. The molecule has 0 fully saturated rings. The Bertz CT molecular complexity index is 320. The van der Waals surface area contributed by atoms with E-state index < -0.39 is 0 Å². The van der Waals surface area contributed by atoms with Gasteiger partial charge in [-0.05, 0) is 30.4 Å². The maximum atomic E-state index is 8.88.